The Kier molecular flexibility index (Phi) is 6.59. The third kappa shape index (κ3) is 2.89. The molecule has 1 fully saturated rings. The van der Waals surface area contributed by atoms with E-state index in [9.17, 15) is 0 Å². The minimum Gasteiger partial charge on any atom is -1.00 e. The molecule has 1 aliphatic heterocycles. The fraction of sp³-hybridized carbons (Fsp3) is 0.429. The van der Waals surface area contributed by atoms with Gasteiger partial charge >= 0.3 is 0 Å². The van der Waals surface area contributed by atoms with E-state index in [0.717, 1.165) is 4.88 Å². The molecule has 2 rings (SSSR count). The van der Waals surface area contributed by atoms with Gasteiger partial charge in [-0.15, -0.1) is 11.3 Å². The molecular formula is C7H7BrO2SZn-. The van der Waals surface area contributed by atoms with Crippen molar-refractivity contribution >= 4 is 11.3 Å². The summed E-state index contributed by atoms with van der Waals surface area (Å²) in [7, 11) is 0. The zero-order chi connectivity index (χ0) is 6.81. The Morgan fingerprint density at radius 2 is 2.08 bits per heavy atom. The quantitative estimate of drug-likeness (QED) is 0.594. The molecule has 0 N–H and O–H groups in total. The Morgan fingerprint density at radius 3 is 2.58 bits per heavy atom. The van der Waals surface area contributed by atoms with Gasteiger partial charge in [-0.2, -0.15) is 0 Å². The van der Waals surface area contributed by atoms with Crippen LogP contribution in [0.15, 0.2) is 12.1 Å². The first-order valence-electron chi connectivity index (χ1n) is 3.16. The van der Waals surface area contributed by atoms with E-state index in [-0.39, 0.29) is 42.7 Å². The van der Waals surface area contributed by atoms with Crippen LogP contribution >= 0.6 is 11.3 Å². The van der Waals surface area contributed by atoms with Crippen LogP contribution < -0.4 is 17.0 Å². The van der Waals surface area contributed by atoms with Gasteiger partial charge in [-0.25, -0.2) is 0 Å². The van der Waals surface area contributed by atoms with Crippen LogP contribution in [0.1, 0.15) is 11.2 Å². The van der Waals surface area contributed by atoms with E-state index in [4.69, 9.17) is 9.47 Å². The number of hydrogen-bond donors (Lipinski definition) is 0. The first-order chi connectivity index (χ1) is 4.97. The molecule has 2 heterocycles. The fourth-order valence-corrected chi connectivity index (χ4v) is 1.54. The number of ether oxygens (including phenoxy) is 2. The van der Waals surface area contributed by atoms with E-state index in [2.05, 4.69) is 5.38 Å². The second-order valence-electron chi connectivity index (χ2n) is 2.03. The fourth-order valence-electron chi connectivity index (χ4n) is 0.902. The standard InChI is InChI=1S/C7H7O2S.BrH.Zn/c1-2-6(10-5-1)7-8-3-4-9-7;;/h1-2,7H,3-4H2;1H;/p-1. The molecule has 0 bridgehead atoms. The van der Waals surface area contributed by atoms with E-state index >= 15 is 0 Å². The van der Waals surface area contributed by atoms with Crippen molar-refractivity contribution in [1.82, 2.24) is 0 Å². The molecule has 1 aliphatic rings. The van der Waals surface area contributed by atoms with Crippen molar-refractivity contribution in [3.63, 3.8) is 0 Å². The van der Waals surface area contributed by atoms with Gasteiger partial charge in [0.15, 0.2) is 6.29 Å². The molecule has 1 aromatic rings. The number of thiophene rings is 1. The van der Waals surface area contributed by atoms with Gasteiger partial charge < -0.3 is 26.5 Å². The van der Waals surface area contributed by atoms with Crippen molar-refractivity contribution in [3.8, 4) is 0 Å². The summed E-state index contributed by atoms with van der Waals surface area (Å²) in [5.74, 6) is 0. The third-order valence-corrected chi connectivity index (χ3v) is 2.16. The van der Waals surface area contributed by atoms with Crippen molar-refractivity contribution in [2.45, 2.75) is 6.29 Å². The van der Waals surface area contributed by atoms with Crippen molar-refractivity contribution < 1.29 is 45.9 Å². The average Bonchev–Trinajstić information content (AvgIpc) is 2.59. The minimum absolute atomic E-state index is 0. The number of halogens is 1. The monoisotopic (exact) mass is 298 g/mol. The van der Waals surface area contributed by atoms with E-state index < -0.39 is 0 Å². The van der Waals surface area contributed by atoms with Gasteiger partial charge in [0.25, 0.3) is 0 Å². The Labute approximate surface area is 98.8 Å². The van der Waals surface area contributed by atoms with Crippen LogP contribution in [0.2, 0.25) is 0 Å². The first-order valence-corrected chi connectivity index (χ1v) is 3.97. The molecule has 0 atom stereocenters. The average molecular weight is 300 g/mol. The van der Waals surface area contributed by atoms with Gasteiger partial charge in [-0.05, 0) is 12.1 Å². The van der Waals surface area contributed by atoms with Gasteiger partial charge in [0.1, 0.15) is 0 Å². The summed E-state index contributed by atoms with van der Waals surface area (Å²) in [5, 5.41) is 2.99. The minimum atomic E-state index is -0.115. The van der Waals surface area contributed by atoms with Gasteiger partial charge in [0, 0.05) is 24.9 Å². The van der Waals surface area contributed by atoms with Crippen LogP contribution in [-0.2, 0) is 29.0 Å². The van der Waals surface area contributed by atoms with Crippen molar-refractivity contribution in [3.05, 3.63) is 22.4 Å². The Hall–Kier alpha value is 0.723. The Bertz CT molecular complexity index is 199. The van der Waals surface area contributed by atoms with Crippen molar-refractivity contribution in [1.29, 1.82) is 0 Å². The molecule has 1 radical (unpaired) electrons. The molecule has 63 valence electrons. The molecule has 0 unspecified atom stereocenters. The molecule has 0 aromatic carbocycles. The summed E-state index contributed by atoms with van der Waals surface area (Å²) in [5.41, 5.74) is 0. The predicted molar refractivity (Wildman–Crippen MR) is 37.8 cm³/mol. The Balaban J connectivity index is 0.000000605. The van der Waals surface area contributed by atoms with Crippen molar-refractivity contribution in [2.75, 3.05) is 13.2 Å². The van der Waals surface area contributed by atoms with Gasteiger partial charge in [-0.1, -0.05) is 0 Å². The summed E-state index contributed by atoms with van der Waals surface area (Å²) < 4.78 is 10.5. The molecule has 0 saturated carbocycles. The zero-order valence-electron chi connectivity index (χ0n) is 6.46. The largest absolute Gasteiger partial charge is 1.00 e. The summed E-state index contributed by atoms with van der Waals surface area (Å²) in [4.78, 5) is 1.11. The maximum atomic E-state index is 5.27. The number of hydrogen-bond acceptors (Lipinski definition) is 3. The predicted octanol–water partition coefficient (Wildman–Crippen LogP) is -1.40. The van der Waals surface area contributed by atoms with Gasteiger partial charge in [0.2, 0.25) is 0 Å². The van der Waals surface area contributed by atoms with E-state index in [0.29, 0.717) is 13.2 Å². The molecule has 5 heteroatoms. The zero-order valence-corrected chi connectivity index (χ0v) is 11.8. The third-order valence-electron chi connectivity index (χ3n) is 1.35. The molecular weight excluding hydrogens is 293 g/mol. The molecule has 1 saturated heterocycles. The smallest absolute Gasteiger partial charge is 0.193 e. The maximum Gasteiger partial charge on any atom is 0.193 e. The van der Waals surface area contributed by atoms with Crippen LogP contribution in [0.25, 0.3) is 0 Å². The van der Waals surface area contributed by atoms with E-state index in [1.807, 2.05) is 12.1 Å². The molecule has 0 aliphatic carbocycles. The molecule has 0 spiro atoms. The van der Waals surface area contributed by atoms with Crippen LogP contribution in [0.4, 0.5) is 0 Å². The summed E-state index contributed by atoms with van der Waals surface area (Å²) in [6.45, 7) is 1.42. The molecule has 2 nitrogen and oxygen atoms in total. The Morgan fingerprint density at radius 1 is 1.42 bits per heavy atom. The maximum absolute atomic E-state index is 5.27. The topological polar surface area (TPSA) is 18.5 Å². The van der Waals surface area contributed by atoms with Gasteiger partial charge in [-0.3, -0.25) is 0 Å². The van der Waals surface area contributed by atoms with E-state index in [1.165, 1.54) is 0 Å². The van der Waals surface area contributed by atoms with E-state index in [1.54, 1.807) is 11.3 Å². The summed E-state index contributed by atoms with van der Waals surface area (Å²) >= 11 is 1.55. The molecule has 12 heavy (non-hydrogen) atoms. The normalized spacial score (nSPS) is 16.7. The molecule has 0 amide bonds. The van der Waals surface area contributed by atoms with Crippen molar-refractivity contribution in [2.24, 2.45) is 0 Å². The second-order valence-corrected chi connectivity index (χ2v) is 2.94. The van der Waals surface area contributed by atoms with Crippen LogP contribution in [0, 0.1) is 5.38 Å². The SMILES string of the molecule is [Br-].[Zn].[c]1ccc(C2OCCO2)s1. The number of rotatable bonds is 1. The van der Waals surface area contributed by atoms with Gasteiger partial charge in [0.05, 0.1) is 18.1 Å². The first kappa shape index (κ1) is 12.7. The summed E-state index contributed by atoms with van der Waals surface area (Å²) in [6, 6.07) is 3.85. The molecule has 1 aromatic heterocycles. The summed E-state index contributed by atoms with van der Waals surface area (Å²) in [6.07, 6.45) is -0.115. The van der Waals surface area contributed by atoms with Crippen LogP contribution in [0.5, 0.6) is 0 Å². The van der Waals surface area contributed by atoms with Crippen LogP contribution in [-0.4, -0.2) is 13.2 Å². The second kappa shape index (κ2) is 6.22. The van der Waals surface area contributed by atoms with Crippen LogP contribution in [0.3, 0.4) is 0 Å².